The number of hydrogen-bond donors (Lipinski definition) is 1. The van der Waals surface area contributed by atoms with Gasteiger partial charge >= 0.3 is 0 Å². The highest BCUT2D eigenvalue weighted by Crippen LogP contribution is 2.68. The maximum Gasteiger partial charge on any atom is 0.238 e. The van der Waals surface area contributed by atoms with Gasteiger partial charge in [-0.25, -0.2) is 4.68 Å². The summed E-state index contributed by atoms with van der Waals surface area (Å²) >= 11 is 5.04. The van der Waals surface area contributed by atoms with Gasteiger partial charge < -0.3 is 0 Å². The number of nitrogens with zero attached hydrogens (tertiary/aromatic N) is 3. The molecule has 0 saturated heterocycles. The Morgan fingerprint density at radius 2 is 1.93 bits per heavy atom. The van der Waals surface area contributed by atoms with Gasteiger partial charge in [-0.2, -0.15) is 5.21 Å². The average molecular weight is 212 g/mol. The first-order valence-electron chi connectivity index (χ1n) is 4.85. The van der Waals surface area contributed by atoms with Gasteiger partial charge in [0.2, 0.25) is 4.77 Å². The van der Waals surface area contributed by atoms with Crippen molar-refractivity contribution in [2.24, 2.45) is 16.7 Å². The molecule has 0 bridgehead atoms. The first-order valence-corrected chi connectivity index (χ1v) is 5.26. The third-order valence-electron chi connectivity index (χ3n) is 4.22. The first kappa shape index (κ1) is 9.83. The zero-order chi connectivity index (χ0) is 10.6. The van der Waals surface area contributed by atoms with Gasteiger partial charge in [-0.1, -0.05) is 38.0 Å². The standard InChI is InChI=1S/C9H16N4S/c1-8(2)6(9(8,3)4)5-13-7(14)10-11-12-13/h6H,5H2,1-4H3,(H,10,12,14). The third kappa shape index (κ3) is 1.15. The molecular formula is C9H16N4S. The van der Waals surface area contributed by atoms with Crippen LogP contribution in [0.3, 0.4) is 0 Å². The molecule has 0 aliphatic heterocycles. The van der Waals surface area contributed by atoms with Crippen LogP contribution < -0.4 is 0 Å². The number of aromatic nitrogens is 4. The Labute approximate surface area is 88.7 Å². The highest BCUT2D eigenvalue weighted by molar-refractivity contribution is 7.71. The summed E-state index contributed by atoms with van der Waals surface area (Å²) < 4.78 is 2.39. The molecule has 1 aromatic heterocycles. The van der Waals surface area contributed by atoms with E-state index in [1.807, 2.05) is 4.68 Å². The first-order chi connectivity index (χ1) is 6.37. The van der Waals surface area contributed by atoms with Crippen LogP contribution in [0.5, 0.6) is 0 Å². The Morgan fingerprint density at radius 1 is 1.36 bits per heavy atom. The predicted molar refractivity (Wildman–Crippen MR) is 56.3 cm³/mol. The summed E-state index contributed by atoms with van der Waals surface area (Å²) in [6.45, 7) is 10.1. The summed E-state index contributed by atoms with van der Waals surface area (Å²) in [6.07, 6.45) is 0. The van der Waals surface area contributed by atoms with Crippen molar-refractivity contribution in [3.63, 3.8) is 0 Å². The Balaban J connectivity index is 2.17. The van der Waals surface area contributed by atoms with Crippen molar-refractivity contribution in [3.8, 4) is 0 Å². The molecule has 1 fully saturated rings. The molecular weight excluding hydrogens is 196 g/mol. The van der Waals surface area contributed by atoms with Crippen LogP contribution in [0.2, 0.25) is 0 Å². The molecule has 0 spiro atoms. The fourth-order valence-electron chi connectivity index (χ4n) is 2.31. The Hall–Kier alpha value is -0.710. The molecule has 1 N–H and O–H groups in total. The topological polar surface area (TPSA) is 46.5 Å². The van der Waals surface area contributed by atoms with Gasteiger partial charge in [0.15, 0.2) is 0 Å². The fraction of sp³-hybridized carbons (Fsp3) is 0.889. The number of H-pyrrole nitrogens is 1. The van der Waals surface area contributed by atoms with Gasteiger partial charge in [0.25, 0.3) is 0 Å². The van der Waals surface area contributed by atoms with E-state index in [2.05, 4.69) is 43.2 Å². The van der Waals surface area contributed by atoms with Gasteiger partial charge in [0.05, 0.1) is 0 Å². The SMILES string of the molecule is CC1(C)C(Cn2[nH]nnc2=S)C1(C)C. The van der Waals surface area contributed by atoms with Gasteiger partial charge in [-0.05, 0) is 29.0 Å². The van der Waals surface area contributed by atoms with Crippen molar-refractivity contribution in [2.45, 2.75) is 34.2 Å². The molecule has 78 valence electrons. The highest BCUT2D eigenvalue weighted by atomic mass is 32.1. The van der Waals surface area contributed by atoms with Crippen LogP contribution in [0, 0.1) is 21.5 Å². The highest BCUT2D eigenvalue weighted by Gasteiger charge is 2.64. The maximum absolute atomic E-state index is 5.04. The Kier molecular flexibility index (Phi) is 1.86. The van der Waals surface area contributed by atoms with E-state index in [-0.39, 0.29) is 0 Å². The van der Waals surface area contributed by atoms with Crippen molar-refractivity contribution in [1.29, 1.82) is 0 Å². The van der Waals surface area contributed by atoms with E-state index < -0.39 is 0 Å². The molecule has 0 amide bonds. The second-order valence-corrected chi connectivity index (χ2v) is 5.55. The van der Waals surface area contributed by atoms with Crippen LogP contribution in [-0.2, 0) is 6.54 Å². The van der Waals surface area contributed by atoms with Crippen molar-refractivity contribution in [1.82, 2.24) is 20.2 Å². The van der Waals surface area contributed by atoms with Crippen LogP contribution in [-0.4, -0.2) is 20.2 Å². The van der Waals surface area contributed by atoms with Crippen molar-refractivity contribution >= 4 is 12.2 Å². The molecule has 1 aromatic rings. The lowest BCUT2D eigenvalue weighted by molar-refractivity contribution is 0.457. The molecule has 0 radical (unpaired) electrons. The van der Waals surface area contributed by atoms with E-state index in [4.69, 9.17) is 12.2 Å². The molecule has 1 saturated carbocycles. The van der Waals surface area contributed by atoms with Crippen LogP contribution in [0.4, 0.5) is 0 Å². The summed E-state index contributed by atoms with van der Waals surface area (Å²) in [5.74, 6) is 0.643. The van der Waals surface area contributed by atoms with E-state index in [0.29, 0.717) is 21.5 Å². The molecule has 5 heteroatoms. The zero-order valence-corrected chi connectivity index (χ0v) is 9.85. The lowest BCUT2D eigenvalue weighted by Crippen LogP contribution is -2.06. The molecule has 14 heavy (non-hydrogen) atoms. The summed E-state index contributed by atoms with van der Waals surface area (Å²) in [5, 5.41) is 10.3. The molecule has 2 rings (SSSR count). The smallest absolute Gasteiger partial charge is 0.238 e. The van der Waals surface area contributed by atoms with E-state index in [0.717, 1.165) is 6.54 Å². The van der Waals surface area contributed by atoms with E-state index in [1.54, 1.807) is 0 Å². The van der Waals surface area contributed by atoms with E-state index >= 15 is 0 Å². The molecule has 4 nitrogen and oxygen atoms in total. The van der Waals surface area contributed by atoms with Crippen molar-refractivity contribution in [3.05, 3.63) is 4.77 Å². The van der Waals surface area contributed by atoms with Gasteiger partial charge in [0.1, 0.15) is 0 Å². The maximum atomic E-state index is 5.04. The van der Waals surface area contributed by atoms with Crippen molar-refractivity contribution < 1.29 is 0 Å². The fourth-order valence-corrected chi connectivity index (χ4v) is 2.46. The lowest BCUT2D eigenvalue weighted by atomic mass is 10.0. The Bertz CT molecular complexity index is 387. The number of hydrogen-bond acceptors (Lipinski definition) is 3. The average Bonchev–Trinajstić information content (AvgIpc) is 2.46. The second-order valence-electron chi connectivity index (χ2n) is 5.19. The zero-order valence-electron chi connectivity index (χ0n) is 9.03. The third-order valence-corrected chi connectivity index (χ3v) is 4.52. The van der Waals surface area contributed by atoms with Crippen LogP contribution in [0.25, 0.3) is 0 Å². The monoisotopic (exact) mass is 212 g/mol. The lowest BCUT2D eigenvalue weighted by Gasteiger charge is -2.04. The quantitative estimate of drug-likeness (QED) is 0.763. The van der Waals surface area contributed by atoms with Crippen LogP contribution >= 0.6 is 12.2 Å². The minimum absolute atomic E-state index is 0.382. The summed E-state index contributed by atoms with van der Waals surface area (Å²) in [5.41, 5.74) is 0.764. The number of tetrazole rings is 1. The second kappa shape index (κ2) is 2.66. The van der Waals surface area contributed by atoms with Crippen LogP contribution in [0.15, 0.2) is 0 Å². The minimum atomic E-state index is 0.382. The van der Waals surface area contributed by atoms with Gasteiger partial charge in [-0.3, -0.25) is 0 Å². The van der Waals surface area contributed by atoms with Gasteiger partial charge in [0, 0.05) is 6.54 Å². The Morgan fingerprint density at radius 3 is 2.29 bits per heavy atom. The van der Waals surface area contributed by atoms with Crippen LogP contribution in [0.1, 0.15) is 27.7 Å². The molecule has 1 aliphatic rings. The van der Waals surface area contributed by atoms with Crippen molar-refractivity contribution in [2.75, 3.05) is 0 Å². The number of aromatic amines is 1. The van der Waals surface area contributed by atoms with Gasteiger partial charge in [-0.15, -0.1) is 0 Å². The van der Waals surface area contributed by atoms with E-state index in [9.17, 15) is 0 Å². The van der Waals surface area contributed by atoms with E-state index in [1.165, 1.54) is 0 Å². The normalized spacial score (nSPS) is 23.7. The number of rotatable bonds is 2. The number of nitrogens with one attached hydrogen (secondary N) is 1. The molecule has 0 atom stereocenters. The molecule has 0 unspecified atom stereocenters. The molecule has 1 heterocycles. The summed E-state index contributed by atoms with van der Waals surface area (Å²) in [6, 6.07) is 0. The largest absolute Gasteiger partial charge is 0.242 e. The predicted octanol–water partition coefficient (Wildman–Crippen LogP) is 2.02. The summed E-state index contributed by atoms with van der Waals surface area (Å²) in [7, 11) is 0. The minimum Gasteiger partial charge on any atom is -0.242 e. The summed E-state index contributed by atoms with van der Waals surface area (Å²) in [4.78, 5) is 0. The molecule has 1 aliphatic carbocycles. The molecule has 0 aromatic carbocycles.